The first-order valence-electron chi connectivity index (χ1n) is 10.7. The Kier molecular flexibility index (Phi) is 7.35. The van der Waals surface area contributed by atoms with Crippen LogP contribution in [0.15, 0.2) is 91.2 Å². The van der Waals surface area contributed by atoms with Crippen LogP contribution < -0.4 is 5.56 Å². The number of aryl methyl sites for hydroxylation is 2. The lowest BCUT2D eigenvalue weighted by molar-refractivity contribution is 0.257. The lowest BCUT2D eigenvalue weighted by Gasteiger charge is -2.15. The molecule has 1 aromatic heterocycles. The van der Waals surface area contributed by atoms with Crippen molar-refractivity contribution in [2.45, 2.75) is 36.2 Å². The van der Waals surface area contributed by atoms with Gasteiger partial charge in [-0.15, -0.1) is 5.11 Å². The monoisotopic (exact) mass is 564 g/mol. The van der Waals surface area contributed by atoms with Gasteiger partial charge < -0.3 is 0 Å². The van der Waals surface area contributed by atoms with Gasteiger partial charge in [0.15, 0.2) is 5.69 Å². The van der Waals surface area contributed by atoms with Crippen molar-refractivity contribution in [3.63, 3.8) is 0 Å². The minimum Gasteiger partial charge on any atom is -0.293 e. The molecule has 0 saturated heterocycles. The molecule has 1 aliphatic carbocycles. The van der Waals surface area contributed by atoms with Crippen LogP contribution in [0, 0.1) is 13.8 Å². The second-order valence-electron chi connectivity index (χ2n) is 8.14. The Morgan fingerprint density at radius 1 is 1.08 bits per heavy atom. The number of nitrogens with zero attached hydrogens (tertiary/aromatic N) is 3. The van der Waals surface area contributed by atoms with Crippen molar-refractivity contribution >= 4 is 37.5 Å². The van der Waals surface area contributed by atoms with Crippen LogP contribution >= 0.6 is 11.6 Å². The van der Waals surface area contributed by atoms with Crippen LogP contribution in [0.25, 0.3) is 5.69 Å². The fourth-order valence-electron chi connectivity index (χ4n) is 3.47. The molecule has 2 aromatic carbocycles. The van der Waals surface area contributed by atoms with Crippen molar-refractivity contribution in [2.24, 2.45) is 10.2 Å². The van der Waals surface area contributed by atoms with Gasteiger partial charge in [-0.25, -0.2) is 4.68 Å². The maximum absolute atomic E-state index is 12.9. The average Bonchev–Trinajstić information content (AvgIpc) is 3.11. The summed E-state index contributed by atoms with van der Waals surface area (Å²) in [7, 11) is -8.64. The fraction of sp³-hybridized carbons (Fsp3) is 0.174. The van der Waals surface area contributed by atoms with Crippen molar-refractivity contribution < 1.29 is 25.6 Å². The molecule has 1 aliphatic rings. The number of hydrogen-bond acceptors (Lipinski definition) is 8. The molecule has 3 aromatic rings. The normalized spacial score (nSPS) is 16.3. The highest BCUT2D eigenvalue weighted by Gasteiger charge is 2.23. The van der Waals surface area contributed by atoms with E-state index in [1.165, 1.54) is 36.4 Å². The smallest absolute Gasteiger partial charge is 0.293 e. The predicted octanol–water partition coefficient (Wildman–Crippen LogP) is 4.38. The summed E-state index contributed by atoms with van der Waals surface area (Å²) in [6, 6.07) is 9.96. The summed E-state index contributed by atoms with van der Waals surface area (Å²) in [5, 5.41) is 10.8. The van der Waals surface area contributed by atoms with Crippen LogP contribution in [0.1, 0.15) is 17.7 Å². The topological polar surface area (TPSA) is 160 Å². The molecule has 0 saturated carbocycles. The largest absolute Gasteiger partial charge is 0.299 e. The molecule has 2 N–H and O–H groups in total. The summed E-state index contributed by atoms with van der Waals surface area (Å²) >= 11 is 5.84. The standard InChI is InChI=1S/C23H21ClN4O7S2/c1-14-3-10-19(11-4-14)37(33,34)35-18-8-6-17(7-9-18)25-26-22-15(2)27-28(23(22)29)20-12-5-16(24)13-21(20)36(30,31)32/h3-8,10-13,18,27H,9H2,1-2H3,(H,30,31,32). The maximum Gasteiger partial charge on any atom is 0.299 e. The molecule has 1 unspecified atom stereocenters. The predicted molar refractivity (Wildman–Crippen MR) is 136 cm³/mol. The summed E-state index contributed by atoms with van der Waals surface area (Å²) < 4.78 is 64.3. The zero-order valence-electron chi connectivity index (χ0n) is 19.5. The minimum absolute atomic E-state index is 0.0533. The molecular weight excluding hydrogens is 544 g/mol. The molecule has 11 nitrogen and oxygen atoms in total. The Labute approximate surface area is 217 Å². The fourth-order valence-corrected chi connectivity index (χ4v) is 5.46. The second kappa shape index (κ2) is 10.2. The van der Waals surface area contributed by atoms with Gasteiger partial charge in [0.2, 0.25) is 0 Å². The second-order valence-corrected chi connectivity index (χ2v) is 11.5. The number of benzene rings is 2. The number of H-pyrrole nitrogens is 1. The summed E-state index contributed by atoms with van der Waals surface area (Å²) in [6.45, 7) is 3.39. The van der Waals surface area contributed by atoms with E-state index in [0.29, 0.717) is 5.70 Å². The third kappa shape index (κ3) is 5.97. The molecule has 0 radical (unpaired) electrons. The first-order chi connectivity index (χ1) is 17.3. The summed E-state index contributed by atoms with van der Waals surface area (Å²) in [4.78, 5) is 12.4. The number of aromatic amines is 1. The van der Waals surface area contributed by atoms with Crippen molar-refractivity contribution in [3.05, 3.63) is 93.0 Å². The molecule has 0 fully saturated rings. The van der Waals surface area contributed by atoms with E-state index in [1.54, 1.807) is 25.1 Å². The van der Waals surface area contributed by atoms with E-state index in [1.807, 2.05) is 6.92 Å². The van der Waals surface area contributed by atoms with E-state index < -0.39 is 36.8 Å². The van der Waals surface area contributed by atoms with Crippen molar-refractivity contribution in [2.75, 3.05) is 0 Å². The highest BCUT2D eigenvalue weighted by molar-refractivity contribution is 7.86. The van der Waals surface area contributed by atoms with Gasteiger partial charge in [-0.05, 0) is 56.7 Å². The molecule has 0 aliphatic heterocycles. The van der Waals surface area contributed by atoms with Gasteiger partial charge >= 0.3 is 0 Å². The van der Waals surface area contributed by atoms with Crippen LogP contribution in [0.2, 0.25) is 5.02 Å². The zero-order chi connectivity index (χ0) is 27.0. The van der Waals surface area contributed by atoms with Gasteiger partial charge in [0.1, 0.15) is 4.90 Å². The van der Waals surface area contributed by atoms with Crippen molar-refractivity contribution in [1.82, 2.24) is 9.78 Å². The van der Waals surface area contributed by atoms with Crippen LogP contribution in [0.5, 0.6) is 0 Å². The average molecular weight is 565 g/mol. The summed E-state index contributed by atoms with van der Waals surface area (Å²) in [5.41, 5.74) is 0.629. The van der Waals surface area contributed by atoms with Crippen LogP contribution in [0.4, 0.5) is 5.69 Å². The Morgan fingerprint density at radius 2 is 1.78 bits per heavy atom. The molecule has 4 rings (SSSR count). The maximum atomic E-state index is 12.9. The van der Waals surface area contributed by atoms with E-state index in [4.69, 9.17) is 15.8 Å². The van der Waals surface area contributed by atoms with Gasteiger partial charge in [-0.1, -0.05) is 41.4 Å². The molecule has 0 spiro atoms. The summed E-state index contributed by atoms with van der Waals surface area (Å²) in [5.74, 6) is 0. The Bertz CT molecular complexity index is 1720. The number of rotatable bonds is 7. The molecule has 0 bridgehead atoms. The Morgan fingerprint density at radius 3 is 2.41 bits per heavy atom. The molecule has 1 heterocycles. The third-order valence-corrected chi connectivity index (χ3v) is 7.82. The Balaban J connectivity index is 1.52. The van der Waals surface area contributed by atoms with E-state index in [0.717, 1.165) is 16.3 Å². The van der Waals surface area contributed by atoms with Gasteiger partial charge in [-0.3, -0.25) is 18.6 Å². The molecule has 14 heteroatoms. The number of nitrogens with one attached hydrogen (secondary N) is 1. The quantitative estimate of drug-likeness (QED) is 0.244. The number of azo groups is 1. The van der Waals surface area contributed by atoms with Crippen LogP contribution in [-0.2, 0) is 24.4 Å². The SMILES string of the molecule is Cc1ccc(S(=O)(=O)OC2C=CC(N=Nc3c(C)[nH]n(-c4ccc(Cl)cc4S(=O)(=O)O)c3=O)=CC2)cc1. The van der Waals surface area contributed by atoms with E-state index in [2.05, 4.69) is 15.3 Å². The highest BCUT2D eigenvalue weighted by atomic mass is 35.5. The first kappa shape index (κ1) is 26.7. The van der Waals surface area contributed by atoms with Crippen molar-refractivity contribution in [1.29, 1.82) is 0 Å². The summed E-state index contributed by atoms with van der Waals surface area (Å²) in [6.07, 6.45) is 4.11. The molecule has 194 valence electrons. The van der Waals surface area contributed by atoms with Gasteiger partial charge in [0, 0.05) is 5.02 Å². The molecular formula is C23H21ClN4O7S2. The number of halogens is 1. The molecule has 1 atom stereocenters. The number of hydrogen-bond donors (Lipinski definition) is 2. The molecule has 0 amide bonds. The van der Waals surface area contributed by atoms with Crippen LogP contribution in [-0.4, -0.2) is 37.3 Å². The van der Waals surface area contributed by atoms with Gasteiger partial charge in [-0.2, -0.15) is 21.9 Å². The van der Waals surface area contributed by atoms with E-state index >= 15 is 0 Å². The lowest BCUT2D eigenvalue weighted by Crippen LogP contribution is -2.17. The van der Waals surface area contributed by atoms with Crippen molar-refractivity contribution in [3.8, 4) is 5.69 Å². The van der Waals surface area contributed by atoms with Crippen LogP contribution in [0.3, 0.4) is 0 Å². The lowest BCUT2D eigenvalue weighted by atomic mass is 10.1. The minimum atomic E-state index is -4.68. The number of aromatic nitrogens is 2. The highest BCUT2D eigenvalue weighted by Crippen LogP contribution is 2.25. The van der Waals surface area contributed by atoms with E-state index in [9.17, 15) is 26.2 Å². The number of allylic oxidation sites excluding steroid dienone is 1. The zero-order valence-corrected chi connectivity index (χ0v) is 21.9. The van der Waals surface area contributed by atoms with Gasteiger partial charge in [0.05, 0.1) is 28.1 Å². The van der Waals surface area contributed by atoms with E-state index in [-0.39, 0.29) is 33.4 Å². The first-order valence-corrected chi connectivity index (χ1v) is 14.0. The van der Waals surface area contributed by atoms with Gasteiger partial charge in [0.25, 0.3) is 25.8 Å². The third-order valence-electron chi connectivity index (χ3n) is 5.35. The molecule has 37 heavy (non-hydrogen) atoms. The Hall–Kier alpha value is -3.36.